The van der Waals surface area contributed by atoms with Gasteiger partial charge >= 0.3 is 0 Å². The number of benzene rings is 3. The molecule has 0 bridgehead atoms. The fraction of sp³-hybridized carbons (Fsp3) is 0.308. The Bertz CT molecular complexity index is 1160. The number of hydrogen-bond acceptors (Lipinski definition) is 3. The second kappa shape index (κ2) is 10.3. The molecule has 0 saturated heterocycles. The van der Waals surface area contributed by atoms with Crippen LogP contribution in [0.5, 0.6) is 5.75 Å². The summed E-state index contributed by atoms with van der Waals surface area (Å²) in [6.45, 7) is 6.87. The van der Waals surface area contributed by atoms with Gasteiger partial charge in [0.25, 0.3) is 5.91 Å². The Morgan fingerprint density at radius 3 is 2.42 bits per heavy atom. The molecular formula is C26H28BrFN2O3. The summed E-state index contributed by atoms with van der Waals surface area (Å²) in [5.41, 5.74) is -0.141. The molecule has 5 nitrogen and oxygen atoms in total. The Balaban J connectivity index is 1.82. The Hall–Kier alpha value is -2.93. The van der Waals surface area contributed by atoms with E-state index in [2.05, 4.69) is 21.2 Å². The van der Waals surface area contributed by atoms with Crippen molar-refractivity contribution in [3.63, 3.8) is 0 Å². The van der Waals surface area contributed by atoms with Crippen LogP contribution in [0.2, 0.25) is 0 Å². The van der Waals surface area contributed by atoms with E-state index in [1.165, 1.54) is 11.0 Å². The smallest absolute Gasteiger partial charge is 0.261 e. The van der Waals surface area contributed by atoms with Gasteiger partial charge < -0.3 is 15.0 Å². The van der Waals surface area contributed by atoms with Gasteiger partial charge in [-0.3, -0.25) is 9.59 Å². The molecule has 3 aromatic rings. The first-order chi connectivity index (χ1) is 15.6. The number of nitrogens with zero attached hydrogens (tertiary/aromatic N) is 1. The standard InChI is InChI=1S/C26H28BrFN2O3/c1-17(25(32)29-26(2,3)4)30(15-19-10-6-8-12-21(19)28)23(31)16-33-22-14-13-18-9-5-7-11-20(18)24(22)27/h5-14,17H,15-16H2,1-4H3,(H,29,32). The topological polar surface area (TPSA) is 58.6 Å². The molecule has 7 heteroatoms. The van der Waals surface area contributed by atoms with Crippen LogP contribution in [0, 0.1) is 5.82 Å². The lowest BCUT2D eigenvalue weighted by Crippen LogP contribution is -2.53. The van der Waals surface area contributed by atoms with Crippen LogP contribution in [0.15, 0.2) is 65.1 Å². The number of halogens is 2. The second-order valence-corrected chi connectivity index (χ2v) is 9.71. The maximum Gasteiger partial charge on any atom is 0.261 e. The van der Waals surface area contributed by atoms with E-state index in [1.807, 2.05) is 51.1 Å². The largest absolute Gasteiger partial charge is 0.483 e. The second-order valence-electron chi connectivity index (χ2n) is 8.92. The van der Waals surface area contributed by atoms with Crippen molar-refractivity contribution in [3.8, 4) is 5.75 Å². The fourth-order valence-electron chi connectivity index (χ4n) is 3.41. The minimum absolute atomic E-state index is 0.0491. The van der Waals surface area contributed by atoms with Crippen LogP contribution in [-0.2, 0) is 16.1 Å². The summed E-state index contributed by atoms with van der Waals surface area (Å²) in [7, 11) is 0. The number of carbonyl (C=O) groups excluding carboxylic acids is 2. The van der Waals surface area contributed by atoms with E-state index in [9.17, 15) is 14.0 Å². The van der Waals surface area contributed by atoms with Crippen molar-refractivity contribution in [2.45, 2.75) is 45.8 Å². The maximum atomic E-state index is 14.3. The monoisotopic (exact) mass is 514 g/mol. The third kappa shape index (κ3) is 6.32. The first-order valence-corrected chi connectivity index (χ1v) is 11.5. The average Bonchev–Trinajstić information content (AvgIpc) is 2.76. The summed E-state index contributed by atoms with van der Waals surface area (Å²) in [6, 6.07) is 16.9. The zero-order valence-electron chi connectivity index (χ0n) is 19.2. The van der Waals surface area contributed by atoms with Gasteiger partial charge in [-0.05, 0) is 66.5 Å². The maximum absolute atomic E-state index is 14.3. The number of nitrogens with one attached hydrogen (secondary N) is 1. The Labute approximate surface area is 202 Å². The van der Waals surface area contributed by atoms with Crippen molar-refractivity contribution < 1.29 is 18.7 Å². The van der Waals surface area contributed by atoms with Crippen LogP contribution in [0.3, 0.4) is 0 Å². The van der Waals surface area contributed by atoms with E-state index in [0.717, 1.165) is 15.2 Å². The molecule has 0 aliphatic carbocycles. The summed E-state index contributed by atoms with van der Waals surface area (Å²) in [5, 5.41) is 4.88. The highest BCUT2D eigenvalue weighted by Gasteiger charge is 2.29. The van der Waals surface area contributed by atoms with E-state index in [1.54, 1.807) is 31.2 Å². The molecule has 0 radical (unpaired) electrons. The molecule has 0 heterocycles. The molecule has 3 rings (SSSR count). The average molecular weight is 515 g/mol. The SMILES string of the molecule is CC(C(=O)NC(C)(C)C)N(Cc1ccccc1F)C(=O)COc1ccc2ccccc2c1Br. The van der Waals surface area contributed by atoms with Crippen molar-refractivity contribution >= 4 is 38.5 Å². The van der Waals surface area contributed by atoms with Gasteiger partial charge in [0.05, 0.1) is 4.47 Å². The number of fused-ring (bicyclic) bond motifs is 1. The number of ether oxygens (including phenoxy) is 1. The quantitative estimate of drug-likeness (QED) is 0.455. The third-order valence-electron chi connectivity index (χ3n) is 5.14. The Kier molecular flexibility index (Phi) is 7.74. The number of amides is 2. The lowest BCUT2D eigenvalue weighted by atomic mass is 10.1. The van der Waals surface area contributed by atoms with Crippen LogP contribution < -0.4 is 10.1 Å². The highest BCUT2D eigenvalue weighted by molar-refractivity contribution is 9.10. The molecule has 0 spiro atoms. The van der Waals surface area contributed by atoms with Crippen molar-refractivity contribution in [3.05, 3.63) is 76.5 Å². The number of carbonyl (C=O) groups is 2. The van der Waals surface area contributed by atoms with Crippen molar-refractivity contribution in [1.29, 1.82) is 0 Å². The predicted octanol–water partition coefficient (Wildman–Crippen LogP) is 5.45. The summed E-state index contributed by atoms with van der Waals surface area (Å²) in [5.74, 6) is -0.662. The van der Waals surface area contributed by atoms with Crippen LogP contribution in [0.4, 0.5) is 4.39 Å². The summed E-state index contributed by atoms with van der Waals surface area (Å²) >= 11 is 3.55. The van der Waals surface area contributed by atoms with E-state index in [-0.39, 0.29) is 19.1 Å². The summed E-state index contributed by atoms with van der Waals surface area (Å²) in [6.07, 6.45) is 0. The van der Waals surface area contributed by atoms with Gasteiger partial charge in [0.15, 0.2) is 6.61 Å². The zero-order chi connectivity index (χ0) is 24.2. The van der Waals surface area contributed by atoms with Crippen molar-refractivity contribution in [2.24, 2.45) is 0 Å². The minimum atomic E-state index is -0.819. The van der Waals surface area contributed by atoms with Gasteiger partial charge in [-0.2, -0.15) is 0 Å². The molecule has 174 valence electrons. The van der Waals surface area contributed by atoms with Gasteiger partial charge in [0.1, 0.15) is 17.6 Å². The molecule has 1 atom stereocenters. The normalized spacial score (nSPS) is 12.3. The van der Waals surface area contributed by atoms with E-state index in [4.69, 9.17) is 4.74 Å². The van der Waals surface area contributed by atoms with Gasteiger partial charge in [-0.25, -0.2) is 4.39 Å². The lowest BCUT2D eigenvalue weighted by Gasteiger charge is -2.31. The van der Waals surface area contributed by atoms with Crippen LogP contribution in [-0.4, -0.2) is 34.9 Å². The molecule has 3 aromatic carbocycles. The van der Waals surface area contributed by atoms with Crippen LogP contribution in [0.1, 0.15) is 33.3 Å². The van der Waals surface area contributed by atoms with E-state index < -0.39 is 23.3 Å². The first-order valence-electron chi connectivity index (χ1n) is 10.7. The molecule has 0 aromatic heterocycles. The summed E-state index contributed by atoms with van der Waals surface area (Å²) in [4.78, 5) is 27.4. The number of rotatable bonds is 7. The predicted molar refractivity (Wildman–Crippen MR) is 131 cm³/mol. The Morgan fingerprint density at radius 2 is 1.73 bits per heavy atom. The van der Waals surface area contributed by atoms with E-state index >= 15 is 0 Å². The highest BCUT2D eigenvalue weighted by atomic mass is 79.9. The Morgan fingerprint density at radius 1 is 1.06 bits per heavy atom. The lowest BCUT2D eigenvalue weighted by molar-refractivity contribution is -0.142. The highest BCUT2D eigenvalue weighted by Crippen LogP contribution is 2.33. The van der Waals surface area contributed by atoms with Crippen LogP contribution in [0.25, 0.3) is 10.8 Å². The molecular weight excluding hydrogens is 487 g/mol. The first kappa shape index (κ1) is 24.7. The molecule has 1 unspecified atom stereocenters. The molecule has 0 aliphatic rings. The molecule has 0 saturated carbocycles. The van der Waals surface area contributed by atoms with Crippen molar-refractivity contribution in [2.75, 3.05) is 6.61 Å². The summed E-state index contributed by atoms with van der Waals surface area (Å²) < 4.78 is 20.9. The molecule has 0 fully saturated rings. The van der Waals surface area contributed by atoms with E-state index in [0.29, 0.717) is 11.3 Å². The third-order valence-corrected chi connectivity index (χ3v) is 5.96. The van der Waals surface area contributed by atoms with Gasteiger partial charge in [0.2, 0.25) is 5.91 Å². The zero-order valence-corrected chi connectivity index (χ0v) is 20.8. The molecule has 33 heavy (non-hydrogen) atoms. The van der Waals surface area contributed by atoms with Gasteiger partial charge in [-0.15, -0.1) is 0 Å². The number of hydrogen-bond donors (Lipinski definition) is 1. The van der Waals surface area contributed by atoms with Gasteiger partial charge in [0, 0.05) is 17.6 Å². The van der Waals surface area contributed by atoms with Crippen molar-refractivity contribution in [1.82, 2.24) is 10.2 Å². The molecule has 0 aliphatic heterocycles. The van der Waals surface area contributed by atoms with Gasteiger partial charge in [-0.1, -0.05) is 48.5 Å². The molecule has 2 amide bonds. The minimum Gasteiger partial charge on any atom is -0.483 e. The molecule has 1 N–H and O–H groups in total. The van der Waals surface area contributed by atoms with Crippen LogP contribution >= 0.6 is 15.9 Å². The fourth-order valence-corrected chi connectivity index (χ4v) is 4.02.